The van der Waals surface area contributed by atoms with E-state index in [2.05, 4.69) is 52.8 Å². The van der Waals surface area contributed by atoms with Gasteiger partial charge < -0.3 is 14.2 Å². The number of nitrogens with one attached hydrogen (secondary N) is 1. The summed E-state index contributed by atoms with van der Waals surface area (Å²) in [5.41, 5.74) is 7.00. The van der Waals surface area contributed by atoms with E-state index in [9.17, 15) is 0 Å². The number of amidine groups is 2. The summed E-state index contributed by atoms with van der Waals surface area (Å²) in [5, 5.41) is 8.88. The predicted molar refractivity (Wildman–Crippen MR) is 168 cm³/mol. The van der Waals surface area contributed by atoms with Crippen molar-refractivity contribution in [1.29, 1.82) is 0 Å². The molecule has 1 unspecified atom stereocenters. The Bertz CT molecular complexity index is 2400. The molecule has 0 radical (unpaired) electrons. The van der Waals surface area contributed by atoms with Crippen LogP contribution in [-0.2, 0) is 0 Å². The lowest BCUT2D eigenvalue weighted by molar-refractivity contribution is 0.628. The Hall–Kier alpha value is -5.75. The molecule has 1 aliphatic heterocycles. The lowest BCUT2D eigenvalue weighted by Gasteiger charge is -2.24. The second-order valence-corrected chi connectivity index (χ2v) is 10.5. The SMILES string of the molecule is c1ccc(C2=NC(c3cccc4c3oc3ccccc34)NC(c3cccc4oc5cc6ncccc6cc5c34)=N2)cc1. The van der Waals surface area contributed by atoms with Gasteiger partial charge in [0.05, 0.1) is 5.52 Å². The van der Waals surface area contributed by atoms with E-state index in [1.54, 1.807) is 6.20 Å². The lowest BCUT2D eigenvalue weighted by atomic mass is 10.0. The van der Waals surface area contributed by atoms with Crippen molar-refractivity contribution in [2.75, 3.05) is 0 Å². The topological polar surface area (TPSA) is 75.9 Å². The summed E-state index contributed by atoms with van der Waals surface area (Å²) >= 11 is 0. The maximum Gasteiger partial charge on any atom is 0.159 e. The van der Waals surface area contributed by atoms with Crippen LogP contribution in [0.4, 0.5) is 0 Å². The molecule has 3 aromatic heterocycles. The standard InChI is InChI=1S/C36H22N4O2/c1-2-9-21(10-3-1)34-38-35(40-36(39-34)26-15-6-13-24-23-12-4-5-16-29(23)42-33(24)26)25-14-7-17-30-32(25)27-19-22-11-8-18-37-28(22)20-31(27)41-30/h1-20,36H,(H,38,39,40). The molecule has 0 bridgehead atoms. The molecule has 8 aromatic rings. The monoisotopic (exact) mass is 542 g/mol. The fourth-order valence-electron chi connectivity index (χ4n) is 6.04. The van der Waals surface area contributed by atoms with Crippen LogP contribution in [0.25, 0.3) is 54.8 Å². The van der Waals surface area contributed by atoms with Gasteiger partial charge in [0, 0.05) is 55.9 Å². The first-order valence-electron chi connectivity index (χ1n) is 13.9. The van der Waals surface area contributed by atoms with Crippen LogP contribution in [0.3, 0.4) is 0 Å². The summed E-state index contributed by atoms with van der Waals surface area (Å²) in [6.45, 7) is 0. The molecular formula is C36H22N4O2. The van der Waals surface area contributed by atoms with Crippen LogP contribution in [0, 0.1) is 0 Å². The molecule has 5 aromatic carbocycles. The number of pyridine rings is 1. The molecule has 198 valence electrons. The van der Waals surface area contributed by atoms with Crippen LogP contribution in [-0.4, -0.2) is 16.7 Å². The summed E-state index contributed by atoms with van der Waals surface area (Å²) in [6.07, 6.45) is 1.38. The van der Waals surface area contributed by atoms with Gasteiger partial charge in [-0.25, -0.2) is 9.98 Å². The summed E-state index contributed by atoms with van der Waals surface area (Å²) in [6, 6.07) is 38.7. The number of benzene rings is 5. The fraction of sp³-hybridized carbons (Fsp3) is 0.0278. The summed E-state index contributed by atoms with van der Waals surface area (Å²) in [5.74, 6) is 1.38. The van der Waals surface area contributed by atoms with Crippen molar-refractivity contribution in [3.05, 3.63) is 138 Å². The number of rotatable bonds is 3. The number of para-hydroxylation sites is 2. The highest BCUT2D eigenvalue weighted by molar-refractivity contribution is 6.22. The van der Waals surface area contributed by atoms with Crippen molar-refractivity contribution in [2.24, 2.45) is 9.98 Å². The molecule has 1 atom stereocenters. The molecule has 0 fully saturated rings. The van der Waals surface area contributed by atoms with E-state index in [0.29, 0.717) is 5.84 Å². The van der Waals surface area contributed by atoms with Crippen molar-refractivity contribution in [3.8, 4) is 0 Å². The Balaban J connectivity index is 1.27. The number of aromatic nitrogens is 1. The van der Waals surface area contributed by atoms with Crippen molar-refractivity contribution < 1.29 is 8.83 Å². The first kappa shape index (κ1) is 23.0. The summed E-state index contributed by atoms with van der Waals surface area (Å²) in [7, 11) is 0. The van der Waals surface area contributed by atoms with Gasteiger partial charge in [-0.3, -0.25) is 4.98 Å². The number of hydrogen-bond acceptors (Lipinski definition) is 6. The molecule has 0 spiro atoms. The Morgan fingerprint density at radius 3 is 2.43 bits per heavy atom. The molecule has 0 amide bonds. The van der Waals surface area contributed by atoms with Crippen LogP contribution in [0.5, 0.6) is 0 Å². The second kappa shape index (κ2) is 8.88. The van der Waals surface area contributed by atoms with Crippen LogP contribution in [0.1, 0.15) is 22.9 Å². The van der Waals surface area contributed by atoms with Gasteiger partial charge in [0.25, 0.3) is 0 Å². The molecule has 0 aliphatic carbocycles. The zero-order chi connectivity index (χ0) is 27.6. The van der Waals surface area contributed by atoms with Crippen LogP contribution < -0.4 is 5.32 Å². The van der Waals surface area contributed by atoms with Crippen molar-refractivity contribution in [3.63, 3.8) is 0 Å². The molecule has 4 heterocycles. The number of nitrogens with zero attached hydrogens (tertiary/aromatic N) is 3. The molecule has 1 aliphatic rings. The molecule has 0 saturated carbocycles. The largest absolute Gasteiger partial charge is 0.456 e. The Labute approximate surface area is 239 Å². The van der Waals surface area contributed by atoms with Crippen LogP contribution in [0.15, 0.2) is 140 Å². The van der Waals surface area contributed by atoms with E-state index >= 15 is 0 Å². The van der Waals surface area contributed by atoms with Gasteiger partial charge in [0.15, 0.2) is 12.0 Å². The van der Waals surface area contributed by atoms with E-state index in [1.165, 1.54) is 0 Å². The third kappa shape index (κ3) is 3.48. The fourth-order valence-corrected chi connectivity index (χ4v) is 6.04. The van der Waals surface area contributed by atoms with Gasteiger partial charge >= 0.3 is 0 Å². The minimum atomic E-state index is -0.421. The van der Waals surface area contributed by atoms with Gasteiger partial charge in [-0.05, 0) is 24.3 Å². The van der Waals surface area contributed by atoms with E-state index in [0.717, 1.165) is 77.3 Å². The van der Waals surface area contributed by atoms with Crippen molar-refractivity contribution in [1.82, 2.24) is 10.3 Å². The van der Waals surface area contributed by atoms with Crippen molar-refractivity contribution >= 4 is 66.5 Å². The first-order valence-corrected chi connectivity index (χ1v) is 13.9. The van der Waals surface area contributed by atoms with Gasteiger partial charge in [0.1, 0.15) is 28.2 Å². The second-order valence-electron chi connectivity index (χ2n) is 10.5. The average Bonchev–Trinajstić information content (AvgIpc) is 3.62. The van der Waals surface area contributed by atoms with Gasteiger partial charge in [-0.1, -0.05) is 84.9 Å². The third-order valence-electron chi connectivity index (χ3n) is 7.98. The Morgan fingerprint density at radius 1 is 0.643 bits per heavy atom. The molecule has 42 heavy (non-hydrogen) atoms. The summed E-state index contributed by atoms with van der Waals surface area (Å²) in [4.78, 5) is 14.7. The predicted octanol–water partition coefficient (Wildman–Crippen LogP) is 8.53. The van der Waals surface area contributed by atoms with E-state index in [1.807, 2.05) is 72.8 Å². The minimum Gasteiger partial charge on any atom is -0.456 e. The molecule has 1 N–H and O–H groups in total. The Morgan fingerprint density at radius 2 is 1.48 bits per heavy atom. The number of aliphatic imine (C=N–C) groups is 2. The highest BCUT2D eigenvalue weighted by atomic mass is 16.3. The highest BCUT2D eigenvalue weighted by Gasteiger charge is 2.26. The smallest absolute Gasteiger partial charge is 0.159 e. The number of fused-ring (bicyclic) bond motifs is 7. The average molecular weight is 543 g/mol. The highest BCUT2D eigenvalue weighted by Crippen LogP contribution is 2.37. The summed E-state index contributed by atoms with van der Waals surface area (Å²) < 4.78 is 12.7. The molecule has 6 nitrogen and oxygen atoms in total. The Kier molecular flexibility index (Phi) is 4.86. The molecule has 9 rings (SSSR count). The zero-order valence-corrected chi connectivity index (χ0v) is 22.3. The van der Waals surface area contributed by atoms with E-state index < -0.39 is 6.17 Å². The quantitative estimate of drug-likeness (QED) is 0.243. The molecular weight excluding hydrogens is 520 g/mol. The maximum atomic E-state index is 6.41. The van der Waals surface area contributed by atoms with Crippen LogP contribution >= 0.6 is 0 Å². The number of furan rings is 2. The molecule has 0 saturated heterocycles. The van der Waals surface area contributed by atoms with Gasteiger partial charge in [0.2, 0.25) is 0 Å². The molecule has 6 heteroatoms. The van der Waals surface area contributed by atoms with Crippen molar-refractivity contribution in [2.45, 2.75) is 6.17 Å². The van der Waals surface area contributed by atoms with E-state index in [-0.39, 0.29) is 0 Å². The maximum absolute atomic E-state index is 6.41. The zero-order valence-electron chi connectivity index (χ0n) is 22.3. The minimum absolute atomic E-state index is 0.421. The normalized spacial score (nSPS) is 15.4. The van der Waals surface area contributed by atoms with E-state index in [4.69, 9.17) is 18.8 Å². The van der Waals surface area contributed by atoms with Gasteiger partial charge in [-0.2, -0.15) is 0 Å². The first-order chi connectivity index (χ1) is 20.8. The third-order valence-corrected chi connectivity index (χ3v) is 7.98. The van der Waals surface area contributed by atoms with Gasteiger partial charge in [-0.15, -0.1) is 0 Å². The number of hydrogen-bond donors (Lipinski definition) is 1. The van der Waals surface area contributed by atoms with Crippen LogP contribution in [0.2, 0.25) is 0 Å². The lowest BCUT2D eigenvalue weighted by Crippen LogP contribution is -2.33.